The molecule has 1 amide bonds. The second-order valence-corrected chi connectivity index (χ2v) is 7.08. The van der Waals surface area contributed by atoms with Gasteiger partial charge in [-0.25, -0.2) is 0 Å². The van der Waals surface area contributed by atoms with Crippen LogP contribution in [-0.2, 0) is 24.3 Å². The van der Waals surface area contributed by atoms with E-state index >= 15 is 0 Å². The molecular weight excluding hydrogens is 296 g/mol. The minimum Gasteiger partial charge on any atom is -0.344 e. The summed E-state index contributed by atoms with van der Waals surface area (Å²) in [6.45, 7) is 2.58. The van der Waals surface area contributed by atoms with Crippen molar-refractivity contribution in [3.05, 3.63) is 71.9 Å². The third-order valence-electron chi connectivity index (χ3n) is 5.61. The number of para-hydroxylation sites is 1. The van der Waals surface area contributed by atoms with Gasteiger partial charge in [0.1, 0.15) is 0 Å². The predicted molar refractivity (Wildman–Crippen MR) is 94.5 cm³/mol. The third kappa shape index (κ3) is 2.08. The average molecular weight is 316 g/mol. The first-order valence-electron chi connectivity index (χ1n) is 8.69. The van der Waals surface area contributed by atoms with Crippen LogP contribution < -0.4 is 0 Å². The molecule has 24 heavy (non-hydrogen) atoms. The van der Waals surface area contributed by atoms with Crippen molar-refractivity contribution in [1.82, 2.24) is 9.47 Å². The Balaban J connectivity index is 1.43. The molecule has 120 valence electrons. The monoisotopic (exact) mass is 316 g/mol. The molecule has 0 N–H and O–H groups in total. The number of nitrogens with zero attached hydrogens (tertiary/aromatic N) is 2. The lowest BCUT2D eigenvalue weighted by Crippen LogP contribution is -2.30. The number of aromatic nitrogens is 1. The van der Waals surface area contributed by atoms with Crippen molar-refractivity contribution in [1.29, 1.82) is 0 Å². The summed E-state index contributed by atoms with van der Waals surface area (Å²) in [5.41, 5.74) is 3.84. The molecule has 1 aromatic heterocycles. The number of hydrogen-bond donors (Lipinski definition) is 0. The van der Waals surface area contributed by atoms with Gasteiger partial charge in [0, 0.05) is 42.7 Å². The van der Waals surface area contributed by atoms with E-state index in [2.05, 4.69) is 51.9 Å². The van der Waals surface area contributed by atoms with Crippen molar-refractivity contribution in [3.63, 3.8) is 0 Å². The highest BCUT2D eigenvalue weighted by Gasteiger charge is 2.43. The molecule has 0 radical (unpaired) electrons. The summed E-state index contributed by atoms with van der Waals surface area (Å²) in [5.74, 6) is 0.926. The van der Waals surface area contributed by atoms with Crippen molar-refractivity contribution in [2.75, 3.05) is 6.54 Å². The number of carbonyl (C=O) groups is 1. The zero-order valence-corrected chi connectivity index (χ0v) is 13.6. The van der Waals surface area contributed by atoms with Gasteiger partial charge in [-0.3, -0.25) is 4.79 Å². The van der Waals surface area contributed by atoms with E-state index < -0.39 is 0 Å². The van der Waals surface area contributed by atoms with E-state index in [4.69, 9.17) is 0 Å². The Bertz CT molecular complexity index is 912. The van der Waals surface area contributed by atoms with E-state index in [1.807, 2.05) is 18.2 Å². The lowest BCUT2D eigenvalue weighted by molar-refractivity contribution is -0.131. The number of amides is 1. The molecule has 2 atom stereocenters. The first-order chi connectivity index (χ1) is 11.8. The summed E-state index contributed by atoms with van der Waals surface area (Å²) in [6, 6.07) is 21.1. The molecule has 1 saturated heterocycles. The summed E-state index contributed by atoms with van der Waals surface area (Å²) >= 11 is 0. The number of likely N-dealkylation sites (tertiary alicyclic amines) is 1. The average Bonchev–Trinajstić information content (AvgIpc) is 3.12. The van der Waals surface area contributed by atoms with Gasteiger partial charge in [-0.1, -0.05) is 48.5 Å². The van der Waals surface area contributed by atoms with E-state index in [0.717, 1.165) is 26.1 Å². The van der Waals surface area contributed by atoms with E-state index in [-0.39, 0.29) is 5.92 Å². The van der Waals surface area contributed by atoms with Crippen LogP contribution >= 0.6 is 0 Å². The zero-order chi connectivity index (χ0) is 16.1. The highest BCUT2D eigenvalue weighted by Crippen LogP contribution is 2.37. The Kier molecular flexibility index (Phi) is 3.02. The zero-order valence-electron chi connectivity index (χ0n) is 13.6. The molecule has 2 aliphatic rings. The maximum atomic E-state index is 12.9. The Hall–Kier alpha value is -2.55. The van der Waals surface area contributed by atoms with Gasteiger partial charge >= 0.3 is 0 Å². The first-order valence-corrected chi connectivity index (χ1v) is 8.69. The lowest BCUT2D eigenvalue weighted by Gasteiger charge is -2.25. The lowest BCUT2D eigenvalue weighted by atomic mass is 9.88. The largest absolute Gasteiger partial charge is 0.344 e. The summed E-state index contributed by atoms with van der Waals surface area (Å²) in [7, 11) is 0. The summed E-state index contributed by atoms with van der Waals surface area (Å²) in [4.78, 5) is 14.9. The summed E-state index contributed by atoms with van der Waals surface area (Å²) < 4.78 is 2.43. The minimum atomic E-state index is 0.158. The van der Waals surface area contributed by atoms with E-state index in [1.54, 1.807) is 0 Å². The van der Waals surface area contributed by atoms with Crippen LogP contribution in [0.2, 0.25) is 0 Å². The molecule has 3 nitrogen and oxygen atoms in total. The molecule has 0 aliphatic carbocycles. The number of fused-ring (bicyclic) bond motifs is 4. The number of rotatable bonds is 2. The Labute approximate surface area is 141 Å². The van der Waals surface area contributed by atoms with Crippen molar-refractivity contribution >= 4 is 16.8 Å². The molecule has 3 aromatic rings. The minimum absolute atomic E-state index is 0.158. The van der Waals surface area contributed by atoms with Gasteiger partial charge in [-0.2, -0.15) is 0 Å². The van der Waals surface area contributed by atoms with E-state index in [1.165, 1.54) is 22.2 Å². The van der Waals surface area contributed by atoms with Crippen molar-refractivity contribution in [2.24, 2.45) is 11.8 Å². The normalized spacial score (nSPS) is 22.7. The summed E-state index contributed by atoms with van der Waals surface area (Å²) in [6.07, 6.45) is 0.878. The topological polar surface area (TPSA) is 25.2 Å². The summed E-state index contributed by atoms with van der Waals surface area (Å²) in [5, 5.41) is 1.29. The number of hydrogen-bond acceptors (Lipinski definition) is 1. The fourth-order valence-electron chi connectivity index (χ4n) is 4.43. The molecule has 2 unspecified atom stereocenters. The van der Waals surface area contributed by atoms with Crippen molar-refractivity contribution in [3.8, 4) is 0 Å². The van der Waals surface area contributed by atoms with Gasteiger partial charge in [0.25, 0.3) is 0 Å². The number of benzene rings is 2. The SMILES string of the molecule is O=C1C2Cc3cc4ccccc4n3CC2CN1Cc1ccccc1. The first kappa shape index (κ1) is 13.8. The van der Waals surface area contributed by atoms with Gasteiger partial charge in [0.2, 0.25) is 5.91 Å². The van der Waals surface area contributed by atoms with Crippen molar-refractivity contribution in [2.45, 2.75) is 19.5 Å². The highest BCUT2D eigenvalue weighted by atomic mass is 16.2. The third-order valence-corrected chi connectivity index (χ3v) is 5.61. The maximum absolute atomic E-state index is 12.9. The van der Waals surface area contributed by atoms with Crippen LogP contribution in [0, 0.1) is 11.8 Å². The number of carbonyl (C=O) groups excluding carboxylic acids is 1. The molecule has 3 heteroatoms. The van der Waals surface area contributed by atoms with Crippen LogP contribution in [0.15, 0.2) is 60.7 Å². The molecular formula is C21H20N2O. The maximum Gasteiger partial charge on any atom is 0.226 e. The van der Waals surface area contributed by atoms with Crippen LogP contribution in [0.4, 0.5) is 0 Å². The quantitative estimate of drug-likeness (QED) is 0.710. The van der Waals surface area contributed by atoms with Crippen LogP contribution in [0.25, 0.3) is 10.9 Å². The predicted octanol–water partition coefficient (Wildman–Crippen LogP) is 3.47. The van der Waals surface area contributed by atoms with E-state index in [9.17, 15) is 4.79 Å². The molecule has 2 aromatic carbocycles. The molecule has 1 fully saturated rings. The highest BCUT2D eigenvalue weighted by molar-refractivity contribution is 5.84. The van der Waals surface area contributed by atoms with E-state index in [0.29, 0.717) is 11.8 Å². The van der Waals surface area contributed by atoms with Gasteiger partial charge in [-0.15, -0.1) is 0 Å². The second-order valence-electron chi connectivity index (χ2n) is 7.08. The molecule has 5 rings (SSSR count). The standard InChI is InChI=1S/C21H20N2O/c24-21-19-11-18-10-16-8-4-5-9-20(16)23(18)14-17(19)13-22(21)12-15-6-2-1-3-7-15/h1-10,17,19H,11-14H2. The molecule has 0 saturated carbocycles. The molecule has 0 bridgehead atoms. The second kappa shape index (κ2) is 5.23. The van der Waals surface area contributed by atoms with Gasteiger partial charge in [0.15, 0.2) is 0 Å². The van der Waals surface area contributed by atoms with Gasteiger partial charge < -0.3 is 9.47 Å². The van der Waals surface area contributed by atoms with Gasteiger partial charge in [-0.05, 0) is 29.5 Å². The van der Waals surface area contributed by atoms with Crippen LogP contribution in [0.1, 0.15) is 11.3 Å². The Morgan fingerprint density at radius 3 is 2.62 bits per heavy atom. The van der Waals surface area contributed by atoms with Crippen LogP contribution in [-0.4, -0.2) is 21.9 Å². The molecule has 3 heterocycles. The molecule has 2 aliphatic heterocycles. The fraction of sp³-hybridized carbons (Fsp3) is 0.286. The Morgan fingerprint density at radius 1 is 0.958 bits per heavy atom. The fourth-order valence-corrected chi connectivity index (χ4v) is 4.43. The Morgan fingerprint density at radius 2 is 1.75 bits per heavy atom. The smallest absolute Gasteiger partial charge is 0.226 e. The van der Waals surface area contributed by atoms with Gasteiger partial charge in [0.05, 0.1) is 0 Å². The van der Waals surface area contributed by atoms with Crippen LogP contribution in [0.5, 0.6) is 0 Å². The van der Waals surface area contributed by atoms with Crippen molar-refractivity contribution < 1.29 is 4.79 Å². The molecule has 0 spiro atoms. The van der Waals surface area contributed by atoms with Crippen LogP contribution in [0.3, 0.4) is 0 Å².